The predicted molar refractivity (Wildman–Crippen MR) is 34.0 cm³/mol. The van der Waals surface area contributed by atoms with E-state index in [1.807, 2.05) is 24.3 Å². The topological polar surface area (TPSA) is 0 Å². The Hall–Kier alpha value is -0.508. The molecule has 1 aromatic rings. The molecule has 0 N–H and O–H groups in total. The minimum Gasteiger partial charge on any atom is -0.344 e. The van der Waals surface area contributed by atoms with Crippen LogP contribution in [0, 0.1) is 12.6 Å². The molecule has 0 aliphatic rings. The summed E-state index contributed by atoms with van der Waals surface area (Å²) in [5, 5.41) is 0. The number of benzene rings is 1. The summed E-state index contributed by atoms with van der Waals surface area (Å²) in [6, 6.07) is 10.5. The monoisotopic (exact) mass is 154 g/mol. The average molecular weight is 154 g/mol. The standard InChI is InChI=1S/C8H6.Cr/c1-2-8-6-4-3-5-7-8;/h1-6H;/q-2;+2. The Labute approximate surface area is 66.3 Å². The van der Waals surface area contributed by atoms with Crippen molar-refractivity contribution in [2.24, 2.45) is 0 Å². The molecule has 0 heterocycles. The van der Waals surface area contributed by atoms with Gasteiger partial charge in [-0.3, -0.25) is 0 Å². The third-order valence-corrected chi connectivity index (χ3v) is 0.913. The minimum atomic E-state index is 0. The van der Waals surface area contributed by atoms with Crippen LogP contribution >= 0.6 is 0 Å². The van der Waals surface area contributed by atoms with Gasteiger partial charge in [0, 0.05) is 0 Å². The summed E-state index contributed by atoms with van der Waals surface area (Å²) in [6.45, 7) is 5.19. The zero-order chi connectivity index (χ0) is 5.82. The molecule has 0 saturated heterocycles. The Morgan fingerprint density at radius 1 is 1.44 bits per heavy atom. The van der Waals surface area contributed by atoms with Crippen LogP contribution in [0.3, 0.4) is 0 Å². The second kappa shape index (κ2) is 4.38. The van der Waals surface area contributed by atoms with Gasteiger partial charge in [-0.15, -0.1) is 6.07 Å². The molecule has 44 valence electrons. The molecule has 0 atom stereocenters. The zero-order valence-electron chi connectivity index (χ0n) is 4.87. The molecule has 0 nitrogen and oxygen atoms in total. The van der Waals surface area contributed by atoms with E-state index in [0.717, 1.165) is 5.56 Å². The van der Waals surface area contributed by atoms with E-state index in [4.69, 9.17) is 6.58 Å². The summed E-state index contributed by atoms with van der Waals surface area (Å²) in [5.74, 6) is 0. The Kier molecular flexibility index (Phi) is 4.13. The fourth-order valence-corrected chi connectivity index (χ4v) is 0.511. The minimum absolute atomic E-state index is 0. The molecule has 0 unspecified atom stereocenters. The van der Waals surface area contributed by atoms with Gasteiger partial charge in [-0.1, -0.05) is 0 Å². The summed E-state index contributed by atoms with van der Waals surface area (Å²) >= 11 is 0. The fourth-order valence-electron chi connectivity index (χ4n) is 0.511. The largest absolute Gasteiger partial charge is 2.00 e. The average Bonchev–Trinajstić information content (AvgIpc) is 1.90. The van der Waals surface area contributed by atoms with Gasteiger partial charge in [-0.2, -0.15) is 12.1 Å². The predicted octanol–water partition coefficient (Wildman–Crippen LogP) is 1.93. The second-order valence-corrected chi connectivity index (χ2v) is 1.48. The van der Waals surface area contributed by atoms with Crippen molar-refractivity contribution >= 4 is 6.08 Å². The quantitative estimate of drug-likeness (QED) is 0.542. The summed E-state index contributed by atoms with van der Waals surface area (Å²) in [6.07, 6.45) is 1.53. The molecular weight excluding hydrogens is 148 g/mol. The van der Waals surface area contributed by atoms with E-state index >= 15 is 0 Å². The van der Waals surface area contributed by atoms with Crippen LogP contribution in [0.1, 0.15) is 5.56 Å². The van der Waals surface area contributed by atoms with Crippen molar-refractivity contribution < 1.29 is 17.4 Å². The van der Waals surface area contributed by atoms with Gasteiger partial charge in [0.25, 0.3) is 0 Å². The van der Waals surface area contributed by atoms with Crippen molar-refractivity contribution in [3.63, 3.8) is 0 Å². The summed E-state index contributed by atoms with van der Waals surface area (Å²) in [7, 11) is 0. The first-order chi connectivity index (χ1) is 3.93. The first kappa shape index (κ1) is 8.49. The van der Waals surface area contributed by atoms with Crippen LogP contribution in [0.5, 0.6) is 0 Å². The molecule has 0 radical (unpaired) electrons. The van der Waals surface area contributed by atoms with Crippen molar-refractivity contribution in [3.8, 4) is 0 Å². The van der Waals surface area contributed by atoms with E-state index in [1.165, 1.54) is 6.08 Å². The zero-order valence-corrected chi connectivity index (χ0v) is 6.15. The molecule has 1 rings (SSSR count). The van der Waals surface area contributed by atoms with Gasteiger partial charge in [-0.05, 0) is 0 Å². The molecule has 1 heteroatoms. The van der Waals surface area contributed by atoms with Gasteiger partial charge in [0.15, 0.2) is 0 Å². The van der Waals surface area contributed by atoms with Crippen molar-refractivity contribution in [1.82, 2.24) is 0 Å². The molecule has 0 amide bonds. The molecule has 0 spiro atoms. The van der Waals surface area contributed by atoms with E-state index in [1.54, 1.807) is 0 Å². The molecule has 0 aliphatic carbocycles. The normalized spacial score (nSPS) is 7.56. The fraction of sp³-hybridized carbons (Fsp3) is 0. The molecule has 9 heavy (non-hydrogen) atoms. The van der Waals surface area contributed by atoms with Gasteiger partial charge < -0.3 is 18.2 Å². The number of hydrogen-bond donors (Lipinski definition) is 0. The van der Waals surface area contributed by atoms with Gasteiger partial charge in [-0.25, -0.2) is 12.1 Å². The van der Waals surface area contributed by atoms with Gasteiger partial charge >= 0.3 is 17.4 Å². The first-order valence-corrected chi connectivity index (χ1v) is 2.45. The van der Waals surface area contributed by atoms with Gasteiger partial charge in [0.2, 0.25) is 0 Å². The number of rotatable bonds is 1. The Bertz CT molecular complexity index is 167. The van der Waals surface area contributed by atoms with Crippen molar-refractivity contribution in [2.75, 3.05) is 0 Å². The Morgan fingerprint density at radius 3 is 2.56 bits per heavy atom. The van der Waals surface area contributed by atoms with Crippen LogP contribution in [0.4, 0.5) is 0 Å². The van der Waals surface area contributed by atoms with Gasteiger partial charge in [0.05, 0.1) is 0 Å². The Balaban J connectivity index is 0.000000640. The third kappa shape index (κ3) is 2.51. The van der Waals surface area contributed by atoms with Crippen LogP contribution < -0.4 is 0 Å². The van der Waals surface area contributed by atoms with Crippen LogP contribution in [-0.4, -0.2) is 0 Å². The van der Waals surface area contributed by atoms with Crippen molar-refractivity contribution in [3.05, 3.63) is 42.5 Å². The van der Waals surface area contributed by atoms with Crippen molar-refractivity contribution in [1.29, 1.82) is 0 Å². The second-order valence-electron chi connectivity index (χ2n) is 1.48. The Morgan fingerprint density at radius 2 is 2.22 bits per heavy atom. The first-order valence-electron chi connectivity index (χ1n) is 2.45. The van der Waals surface area contributed by atoms with Crippen LogP contribution in [0.25, 0.3) is 6.08 Å². The van der Waals surface area contributed by atoms with Crippen LogP contribution in [-0.2, 0) is 17.4 Å². The van der Waals surface area contributed by atoms with E-state index in [9.17, 15) is 0 Å². The molecule has 0 bridgehead atoms. The van der Waals surface area contributed by atoms with Crippen LogP contribution in [0.2, 0.25) is 0 Å². The molecule has 0 saturated carbocycles. The summed E-state index contributed by atoms with van der Waals surface area (Å²) in [4.78, 5) is 0. The van der Waals surface area contributed by atoms with Crippen molar-refractivity contribution in [2.45, 2.75) is 0 Å². The van der Waals surface area contributed by atoms with E-state index in [0.29, 0.717) is 0 Å². The van der Waals surface area contributed by atoms with E-state index in [2.05, 4.69) is 6.07 Å². The maximum absolute atomic E-state index is 5.19. The molecule has 0 aliphatic heterocycles. The van der Waals surface area contributed by atoms with E-state index in [-0.39, 0.29) is 17.4 Å². The van der Waals surface area contributed by atoms with E-state index < -0.39 is 0 Å². The van der Waals surface area contributed by atoms with Crippen LogP contribution in [0.15, 0.2) is 24.3 Å². The van der Waals surface area contributed by atoms with Gasteiger partial charge in [0.1, 0.15) is 0 Å². The maximum Gasteiger partial charge on any atom is 2.00 e. The summed E-state index contributed by atoms with van der Waals surface area (Å²) < 4.78 is 0. The third-order valence-electron chi connectivity index (χ3n) is 0.913. The number of hydrogen-bond acceptors (Lipinski definition) is 0. The molecular formula is C8H6Cr. The molecule has 0 fully saturated rings. The molecule has 0 aromatic heterocycles. The molecule has 1 aromatic carbocycles. The SMILES string of the molecule is [CH-]=Cc1[c-]cccc1.[Cr+2]. The smallest absolute Gasteiger partial charge is 0.344 e. The maximum atomic E-state index is 5.19. The summed E-state index contributed by atoms with van der Waals surface area (Å²) in [5.41, 5.74) is 0.938.